The fraction of sp³-hybridized carbons (Fsp3) is 0.0714. The second kappa shape index (κ2) is 4.07. The Morgan fingerprint density at radius 1 is 1.11 bits per heavy atom. The van der Waals surface area contributed by atoms with Gasteiger partial charge in [0.05, 0.1) is 5.71 Å². The molecule has 2 heterocycles. The Bertz CT molecular complexity index is 622. The predicted octanol–water partition coefficient (Wildman–Crippen LogP) is 2.60. The van der Waals surface area contributed by atoms with Gasteiger partial charge in [0, 0.05) is 18.0 Å². The summed E-state index contributed by atoms with van der Waals surface area (Å²) in [5, 5.41) is 16.1. The normalized spacial score (nSPS) is 17.1. The van der Waals surface area contributed by atoms with Crippen molar-refractivity contribution in [3.05, 3.63) is 59.9 Å². The van der Waals surface area contributed by atoms with Gasteiger partial charge < -0.3 is 10.1 Å². The first-order valence-electron chi connectivity index (χ1n) is 5.61. The quantitative estimate of drug-likeness (QED) is 0.788. The van der Waals surface area contributed by atoms with Crippen molar-refractivity contribution in [1.29, 1.82) is 10.8 Å². The van der Waals surface area contributed by atoms with Crippen molar-refractivity contribution in [1.82, 2.24) is 4.98 Å². The van der Waals surface area contributed by atoms with Crippen LogP contribution in [0.3, 0.4) is 0 Å². The number of ether oxygens (including phenoxy) is 1. The third-order valence-electron chi connectivity index (χ3n) is 2.99. The maximum atomic E-state index is 8.24. The topological polar surface area (TPSA) is 69.8 Å². The number of para-hydroxylation sites is 1. The van der Waals surface area contributed by atoms with Crippen molar-refractivity contribution in [3.8, 4) is 5.75 Å². The highest BCUT2D eigenvalue weighted by Gasteiger charge is 2.33. The summed E-state index contributed by atoms with van der Waals surface area (Å²) in [5.41, 5.74) is 2.01. The van der Waals surface area contributed by atoms with E-state index in [1.165, 1.54) is 0 Å². The van der Waals surface area contributed by atoms with Crippen LogP contribution in [0.15, 0.2) is 48.8 Å². The number of rotatable bonds is 2. The molecule has 1 aromatic carbocycles. The molecule has 2 N–H and O–H groups in total. The fourth-order valence-corrected chi connectivity index (χ4v) is 2.12. The van der Waals surface area contributed by atoms with Crippen LogP contribution < -0.4 is 4.74 Å². The molecule has 0 saturated carbocycles. The van der Waals surface area contributed by atoms with Gasteiger partial charge in [-0.2, -0.15) is 0 Å². The highest BCUT2D eigenvalue weighted by molar-refractivity contribution is 6.17. The average Bonchev–Trinajstić information content (AvgIpc) is 2.75. The lowest BCUT2D eigenvalue weighted by molar-refractivity contribution is 0.558. The first-order chi connectivity index (χ1) is 8.77. The summed E-state index contributed by atoms with van der Waals surface area (Å²) in [4.78, 5) is 3.94. The highest BCUT2D eigenvalue weighted by atomic mass is 16.5. The predicted molar refractivity (Wildman–Crippen MR) is 68.6 cm³/mol. The Morgan fingerprint density at radius 2 is 1.83 bits per heavy atom. The Kier molecular flexibility index (Phi) is 2.41. The highest BCUT2D eigenvalue weighted by Crippen LogP contribution is 2.36. The average molecular weight is 237 g/mol. The minimum Gasteiger partial charge on any atom is -0.442 e. The van der Waals surface area contributed by atoms with Gasteiger partial charge in [-0.25, -0.2) is 0 Å². The van der Waals surface area contributed by atoms with Crippen LogP contribution >= 0.6 is 0 Å². The summed E-state index contributed by atoms with van der Waals surface area (Å²) in [7, 11) is 0. The van der Waals surface area contributed by atoms with E-state index in [0.717, 1.165) is 11.1 Å². The molecule has 2 aromatic rings. The number of hydrogen-bond donors (Lipinski definition) is 2. The molecule has 0 saturated heterocycles. The molecular weight excluding hydrogens is 226 g/mol. The van der Waals surface area contributed by atoms with Gasteiger partial charge in [0.15, 0.2) is 0 Å². The lowest BCUT2D eigenvalue weighted by atomic mass is 9.91. The number of hydrogen-bond acceptors (Lipinski definition) is 4. The maximum Gasteiger partial charge on any atom is 0.201 e. The molecule has 4 nitrogen and oxygen atoms in total. The lowest BCUT2D eigenvalue weighted by Crippen LogP contribution is -2.19. The first kappa shape index (κ1) is 10.7. The van der Waals surface area contributed by atoms with Crippen molar-refractivity contribution in [2.75, 3.05) is 0 Å². The van der Waals surface area contributed by atoms with Crippen LogP contribution in [0.2, 0.25) is 0 Å². The number of nitrogens with zero attached hydrogens (tertiary/aromatic N) is 1. The van der Waals surface area contributed by atoms with Crippen LogP contribution in [-0.2, 0) is 0 Å². The van der Waals surface area contributed by atoms with E-state index in [2.05, 4.69) is 4.98 Å². The minimum absolute atomic E-state index is 0.109. The monoisotopic (exact) mass is 237 g/mol. The van der Waals surface area contributed by atoms with Gasteiger partial charge in [0.25, 0.3) is 0 Å². The molecule has 0 spiro atoms. The molecule has 0 amide bonds. The van der Waals surface area contributed by atoms with Crippen LogP contribution in [0, 0.1) is 10.8 Å². The van der Waals surface area contributed by atoms with E-state index in [9.17, 15) is 0 Å². The van der Waals surface area contributed by atoms with Crippen LogP contribution in [-0.4, -0.2) is 16.6 Å². The van der Waals surface area contributed by atoms with Gasteiger partial charge in [0.1, 0.15) is 11.7 Å². The zero-order valence-electron chi connectivity index (χ0n) is 9.55. The Morgan fingerprint density at radius 3 is 2.61 bits per heavy atom. The number of benzene rings is 1. The summed E-state index contributed by atoms with van der Waals surface area (Å²) < 4.78 is 5.39. The number of fused-ring (bicyclic) bond motifs is 1. The zero-order valence-corrected chi connectivity index (χ0v) is 9.55. The van der Waals surface area contributed by atoms with Gasteiger partial charge in [-0.15, -0.1) is 0 Å². The van der Waals surface area contributed by atoms with Gasteiger partial charge in [0.2, 0.25) is 5.90 Å². The van der Waals surface area contributed by atoms with Crippen molar-refractivity contribution in [2.24, 2.45) is 0 Å². The summed E-state index contributed by atoms with van der Waals surface area (Å²) in [5.74, 6) is 0.368. The molecule has 1 unspecified atom stereocenters. The molecular formula is C14H11N3O. The lowest BCUT2D eigenvalue weighted by Gasteiger charge is -2.10. The summed E-state index contributed by atoms with van der Waals surface area (Å²) in [6, 6.07) is 11.0. The van der Waals surface area contributed by atoms with E-state index in [1.807, 2.05) is 24.3 Å². The Labute approximate surface area is 104 Å². The fourth-order valence-electron chi connectivity index (χ4n) is 2.12. The van der Waals surface area contributed by atoms with Crippen molar-refractivity contribution in [2.45, 2.75) is 5.92 Å². The second-order valence-electron chi connectivity index (χ2n) is 4.09. The van der Waals surface area contributed by atoms with E-state index in [-0.39, 0.29) is 5.90 Å². The molecule has 0 aliphatic carbocycles. The van der Waals surface area contributed by atoms with Crippen molar-refractivity contribution in [3.63, 3.8) is 0 Å². The van der Waals surface area contributed by atoms with Gasteiger partial charge in [-0.05, 0) is 23.8 Å². The SMILES string of the molecule is N=C1Oc2ccccc2C1C(=N)c1ccncc1. The maximum absolute atomic E-state index is 8.24. The Hall–Kier alpha value is -2.49. The molecule has 0 bridgehead atoms. The van der Waals surface area contributed by atoms with Gasteiger partial charge in [-0.1, -0.05) is 18.2 Å². The van der Waals surface area contributed by atoms with Crippen LogP contribution in [0.25, 0.3) is 0 Å². The van der Waals surface area contributed by atoms with Crippen LogP contribution in [0.4, 0.5) is 0 Å². The van der Waals surface area contributed by atoms with Gasteiger partial charge in [-0.3, -0.25) is 10.4 Å². The molecule has 1 atom stereocenters. The minimum atomic E-state index is -0.413. The molecule has 0 radical (unpaired) electrons. The van der Waals surface area contributed by atoms with E-state index in [4.69, 9.17) is 15.6 Å². The summed E-state index contributed by atoms with van der Waals surface area (Å²) in [6.45, 7) is 0. The first-order valence-corrected chi connectivity index (χ1v) is 5.61. The molecule has 4 heteroatoms. The number of aromatic nitrogens is 1. The molecule has 1 aromatic heterocycles. The van der Waals surface area contributed by atoms with E-state index >= 15 is 0 Å². The number of pyridine rings is 1. The Balaban J connectivity index is 2.03. The second-order valence-corrected chi connectivity index (χ2v) is 4.09. The van der Waals surface area contributed by atoms with Crippen molar-refractivity contribution >= 4 is 11.6 Å². The largest absolute Gasteiger partial charge is 0.442 e. The smallest absolute Gasteiger partial charge is 0.201 e. The molecule has 0 fully saturated rings. The molecule has 1 aliphatic heterocycles. The molecule has 18 heavy (non-hydrogen) atoms. The van der Waals surface area contributed by atoms with Crippen LogP contribution in [0.5, 0.6) is 5.75 Å². The molecule has 1 aliphatic rings. The third kappa shape index (κ3) is 1.59. The van der Waals surface area contributed by atoms with E-state index in [1.54, 1.807) is 24.5 Å². The van der Waals surface area contributed by atoms with E-state index in [0.29, 0.717) is 11.5 Å². The summed E-state index contributed by atoms with van der Waals surface area (Å²) in [6.07, 6.45) is 3.30. The third-order valence-corrected chi connectivity index (χ3v) is 2.99. The van der Waals surface area contributed by atoms with Crippen LogP contribution in [0.1, 0.15) is 17.0 Å². The molecule has 88 valence electrons. The standard InChI is InChI=1S/C14H11N3O/c15-13(9-5-7-17-8-6-9)12-10-3-1-2-4-11(10)18-14(12)16/h1-8,12,15-16H. The van der Waals surface area contributed by atoms with E-state index < -0.39 is 5.92 Å². The zero-order chi connectivity index (χ0) is 12.5. The van der Waals surface area contributed by atoms with Crippen molar-refractivity contribution < 1.29 is 4.74 Å². The molecule has 3 rings (SSSR count). The van der Waals surface area contributed by atoms with Gasteiger partial charge >= 0.3 is 0 Å². The number of nitrogens with one attached hydrogen (secondary N) is 2. The summed E-state index contributed by atoms with van der Waals surface area (Å²) >= 11 is 0.